The van der Waals surface area contributed by atoms with Crippen molar-refractivity contribution in [2.45, 2.75) is 19.4 Å². The van der Waals surface area contributed by atoms with E-state index in [-0.39, 0.29) is 6.04 Å². The summed E-state index contributed by atoms with van der Waals surface area (Å²) in [5.74, 6) is 1.70. The van der Waals surface area contributed by atoms with Crippen LogP contribution in [-0.2, 0) is 9.47 Å². The molecule has 0 aliphatic rings. The Hall–Kier alpha value is -1.30. The van der Waals surface area contributed by atoms with Gasteiger partial charge < -0.3 is 24.3 Å². The minimum absolute atomic E-state index is 0.189. The van der Waals surface area contributed by atoms with E-state index >= 15 is 0 Å². The van der Waals surface area contributed by atoms with Crippen molar-refractivity contribution in [2.24, 2.45) is 0 Å². The monoisotopic (exact) mass is 297 g/mol. The lowest BCUT2D eigenvalue weighted by Gasteiger charge is -2.18. The molecule has 0 radical (unpaired) electrons. The fourth-order valence-electron chi connectivity index (χ4n) is 2.02. The number of benzene rings is 1. The largest absolute Gasteiger partial charge is 0.497 e. The molecule has 1 atom stereocenters. The van der Waals surface area contributed by atoms with E-state index < -0.39 is 0 Å². The van der Waals surface area contributed by atoms with Gasteiger partial charge in [0.05, 0.1) is 27.4 Å². The zero-order chi connectivity index (χ0) is 15.5. The van der Waals surface area contributed by atoms with Crippen LogP contribution in [0.5, 0.6) is 11.5 Å². The Labute approximate surface area is 127 Å². The van der Waals surface area contributed by atoms with Crippen LogP contribution >= 0.6 is 0 Å². The summed E-state index contributed by atoms with van der Waals surface area (Å²) in [5.41, 5.74) is 1.09. The summed E-state index contributed by atoms with van der Waals surface area (Å²) < 4.78 is 21.0. The van der Waals surface area contributed by atoms with Crippen LogP contribution < -0.4 is 14.8 Å². The second kappa shape index (κ2) is 10.4. The molecule has 5 heteroatoms. The molecule has 120 valence electrons. The van der Waals surface area contributed by atoms with Gasteiger partial charge in [0, 0.05) is 25.3 Å². The smallest absolute Gasteiger partial charge is 0.123 e. The Morgan fingerprint density at radius 2 is 1.86 bits per heavy atom. The summed E-state index contributed by atoms with van der Waals surface area (Å²) in [5, 5.41) is 3.47. The number of hydrogen-bond acceptors (Lipinski definition) is 5. The molecule has 0 spiro atoms. The molecular weight excluding hydrogens is 270 g/mol. The molecule has 0 saturated heterocycles. The average Bonchev–Trinajstić information content (AvgIpc) is 2.53. The van der Waals surface area contributed by atoms with Crippen LogP contribution in [0.2, 0.25) is 0 Å². The van der Waals surface area contributed by atoms with Gasteiger partial charge in [0.25, 0.3) is 0 Å². The molecular formula is C16H27NO4. The van der Waals surface area contributed by atoms with Gasteiger partial charge in [-0.3, -0.25) is 0 Å². The maximum Gasteiger partial charge on any atom is 0.123 e. The van der Waals surface area contributed by atoms with E-state index in [4.69, 9.17) is 18.9 Å². The van der Waals surface area contributed by atoms with Crippen LogP contribution in [0.3, 0.4) is 0 Å². The fraction of sp³-hybridized carbons (Fsp3) is 0.625. The molecule has 1 N–H and O–H groups in total. The SMILES string of the molecule is COCCOCCCNC(C)c1cc(OC)ccc1OC. The van der Waals surface area contributed by atoms with Gasteiger partial charge in [-0.05, 0) is 38.1 Å². The lowest BCUT2D eigenvalue weighted by molar-refractivity contribution is 0.0693. The highest BCUT2D eigenvalue weighted by Crippen LogP contribution is 2.29. The van der Waals surface area contributed by atoms with Gasteiger partial charge in [-0.2, -0.15) is 0 Å². The molecule has 1 rings (SSSR count). The molecule has 0 aliphatic heterocycles. The minimum atomic E-state index is 0.189. The van der Waals surface area contributed by atoms with Crippen molar-refractivity contribution < 1.29 is 18.9 Å². The first-order valence-corrected chi connectivity index (χ1v) is 7.25. The summed E-state index contributed by atoms with van der Waals surface area (Å²) in [6.45, 7) is 5.02. The van der Waals surface area contributed by atoms with Crippen LogP contribution in [0, 0.1) is 0 Å². The Morgan fingerprint density at radius 1 is 1.05 bits per heavy atom. The zero-order valence-electron chi connectivity index (χ0n) is 13.5. The zero-order valence-corrected chi connectivity index (χ0v) is 13.5. The first kappa shape index (κ1) is 17.8. The summed E-state index contributed by atoms with van der Waals surface area (Å²) in [6, 6.07) is 6.03. The molecule has 21 heavy (non-hydrogen) atoms. The van der Waals surface area contributed by atoms with Crippen molar-refractivity contribution in [3.63, 3.8) is 0 Å². The first-order chi connectivity index (χ1) is 10.2. The molecule has 0 heterocycles. The summed E-state index contributed by atoms with van der Waals surface area (Å²) in [4.78, 5) is 0. The van der Waals surface area contributed by atoms with Crippen LogP contribution in [0.25, 0.3) is 0 Å². The lowest BCUT2D eigenvalue weighted by Crippen LogP contribution is -2.21. The van der Waals surface area contributed by atoms with Gasteiger partial charge >= 0.3 is 0 Å². The van der Waals surface area contributed by atoms with Gasteiger partial charge in [-0.25, -0.2) is 0 Å². The average molecular weight is 297 g/mol. The van der Waals surface area contributed by atoms with Gasteiger partial charge in [-0.15, -0.1) is 0 Å². The molecule has 0 fully saturated rings. The van der Waals surface area contributed by atoms with Crippen LogP contribution in [-0.4, -0.2) is 47.7 Å². The molecule has 1 aromatic rings. The normalized spacial score (nSPS) is 12.2. The van der Waals surface area contributed by atoms with E-state index in [0.717, 1.165) is 36.6 Å². The van der Waals surface area contributed by atoms with E-state index in [0.29, 0.717) is 13.2 Å². The van der Waals surface area contributed by atoms with Crippen molar-refractivity contribution >= 4 is 0 Å². The van der Waals surface area contributed by atoms with Crippen molar-refractivity contribution in [3.8, 4) is 11.5 Å². The second-order valence-electron chi connectivity index (χ2n) is 4.74. The van der Waals surface area contributed by atoms with E-state index in [2.05, 4.69) is 12.2 Å². The third-order valence-corrected chi connectivity index (χ3v) is 3.25. The summed E-state index contributed by atoms with van der Waals surface area (Å²) in [7, 11) is 5.02. The van der Waals surface area contributed by atoms with Gasteiger partial charge in [-0.1, -0.05) is 0 Å². The van der Waals surface area contributed by atoms with Crippen molar-refractivity contribution in [1.29, 1.82) is 0 Å². The quantitative estimate of drug-likeness (QED) is 0.636. The third kappa shape index (κ3) is 6.33. The Morgan fingerprint density at radius 3 is 2.52 bits per heavy atom. The second-order valence-corrected chi connectivity index (χ2v) is 4.74. The Balaban J connectivity index is 2.38. The van der Waals surface area contributed by atoms with E-state index in [1.807, 2.05) is 18.2 Å². The van der Waals surface area contributed by atoms with Gasteiger partial charge in [0.15, 0.2) is 0 Å². The number of ether oxygens (including phenoxy) is 4. The Bertz CT molecular complexity index is 398. The number of rotatable bonds is 11. The fourth-order valence-corrected chi connectivity index (χ4v) is 2.02. The standard InChI is InChI=1S/C16H27NO4/c1-13(17-8-5-9-21-11-10-18-2)15-12-14(19-3)6-7-16(15)20-4/h6-7,12-13,17H,5,8-11H2,1-4H3. The maximum absolute atomic E-state index is 5.43. The van der Waals surface area contributed by atoms with Crippen LogP contribution in [0.1, 0.15) is 24.9 Å². The number of hydrogen-bond donors (Lipinski definition) is 1. The predicted octanol–water partition coefficient (Wildman–Crippen LogP) is 2.41. The lowest BCUT2D eigenvalue weighted by atomic mass is 10.1. The molecule has 0 aliphatic carbocycles. The minimum Gasteiger partial charge on any atom is -0.497 e. The molecule has 5 nitrogen and oxygen atoms in total. The molecule has 1 unspecified atom stereocenters. The van der Waals surface area contributed by atoms with Crippen molar-refractivity contribution in [3.05, 3.63) is 23.8 Å². The summed E-state index contributed by atoms with van der Waals surface area (Å²) >= 11 is 0. The van der Waals surface area contributed by atoms with Crippen molar-refractivity contribution in [1.82, 2.24) is 5.32 Å². The van der Waals surface area contributed by atoms with Gasteiger partial charge in [0.1, 0.15) is 11.5 Å². The third-order valence-electron chi connectivity index (χ3n) is 3.25. The number of methoxy groups -OCH3 is 3. The molecule has 0 aromatic heterocycles. The van der Waals surface area contributed by atoms with Crippen LogP contribution in [0.4, 0.5) is 0 Å². The number of nitrogens with one attached hydrogen (secondary N) is 1. The Kier molecular flexibility index (Phi) is 8.82. The summed E-state index contributed by atoms with van der Waals surface area (Å²) in [6.07, 6.45) is 0.959. The van der Waals surface area contributed by atoms with E-state index in [1.165, 1.54) is 0 Å². The van der Waals surface area contributed by atoms with E-state index in [1.54, 1.807) is 21.3 Å². The first-order valence-electron chi connectivity index (χ1n) is 7.25. The maximum atomic E-state index is 5.43. The van der Waals surface area contributed by atoms with Crippen molar-refractivity contribution in [2.75, 3.05) is 47.7 Å². The highest BCUT2D eigenvalue weighted by molar-refractivity contribution is 5.42. The molecule has 1 aromatic carbocycles. The molecule has 0 amide bonds. The topological polar surface area (TPSA) is 49.0 Å². The van der Waals surface area contributed by atoms with E-state index in [9.17, 15) is 0 Å². The predicted molar refractivity (Wildman–Crippen MR) is 83.3 cm³/mol. The van der Waals surface area contributed by atoms with Gasteiger partial charge in [0.2, 0.25) is 0 Å². The highest BCUT2D eigenvalue weighted by atomic mass is 16.5. The molecule has 0 saturated carbocycles. The van der Waals surface area contributed by atoms with Crippen LogP contribution in [0.15, 0.2) is 18.2 Å². The molecule has 0 bridgehead atoms. The highest BCUT2D eigenvalue weighted by Gasteiger charge is 2.12.